The van der Waals surface area contributed by atoms with Gasteiger partial charge in [0, 0.05) is 25.7 Å². The summed E-state index contributed by atoms with van der Waals surface area (Å²) in [5, 5.41) is 11.4. The molecular weight excluding hydrogens is 441 g/mol. The lowest BCUT2D eigenvalue weighted by Gasteiger charge is -2.27. The lowest BCUT2D eigenvalue weighted by atomic mass is 9.99. The molecule has 166 valence electrons. The molecule has 0 saturated carbocycles. The van der Waals surface area contributed by atoms with Crippen LogP contribution in [0.5, 0.6) is 11.6 Å². The summed E-state index contributed by atoms with van der Waals surface area (Å²) in [5.41, 5.74) is 0.839. The summed E-state index contributed by atoms with van der Waals surface area (Å²) >= 11 is 9.36. The summed E-state index contributed by atoms with van der Waals surface area (Å²) in [6.45, 7) is 1.90. The van der Waals surface area contributed by atoms with Crippen LogP contribution in [0.3, 0.4) is 0 Å². The van der Waals surface area contributed by atoms with Crippen molar-refractivity contribution < 1.29 is 23.8 Å². The summed E-state index contributed by atoms with van der Waals surface area (Å²) in [5.74, 6) is -0.852. The first-order valence-corrected chi connectivity index (χ1v) is 10.8. The van der Waals surface area contributed by atoms with Crippen molar-refractivity contribution in [3.8, 4) is 11.6 Å². The number of nitrogens with zero attached hydrogens (tertiary/aromatic N) is 2. The Hall–Kier alpha value is -2.30. The van der Waals surface area contributed by atoms with E-state index in [0.717, 1.165) is 5.56 Å². The standard InChI is InChI=1S/C21H24FN3O4S2/c1-12(26)24-17(21(27)28)8-13-9-19(30)25(11-13)20(31)14-2-7-18(23-10-14)29-16-5-3-15(22)4-6-16/h2-7,10,13,17,19-20,30-31H,8-9,11H2,1H3,(H,24,26)(H,27,28)/t13-,17-,19?,20?/m1/s1. The highest BCUT2D eigenvalue weighted by atomic mass is 32.1. The van der Waals surface area contributed by atoms with Crippen LogP contribution in [0.2, 0.25) is 0 Å². The van der Waals surface area contributed by atoms with Crippen LogP contribution in [0.15, 0.2) is 42.6 Å². The Bertz CT molecular complexity index is 914. The number of hydrogen-bond acceptors (Lipinski definition) is 7. The number of aliphatic carboxylic acids is 1. The van der Waals surface area contributed by atoms with Crippen molar-refractivity contribution in [1.82, 2.24) is 15.2 Å². The Morgan fingerprint density at radius 1 is 1.32 bits per heavy atom. The molecule has 0 aliphatic carbocycles. The second-order valence-electron chi connectivity index (χ2n) is 7.47. The number of carbonyl (C=O) groups is 2. The average molecular weight is 466 g/mol. The van der Waals surface area contributed by atoms with Crippen LogP contribution in [0.25, 0.3) is 0 Å². The smallest absolute Gasteiger partial charge is 0.326 e. The molecule has 31 heavy (non-hydrogen) atoms. The van der Waals surface area contributed by atoms with Crippen molar-refractivity contribution in [1.29, 1.82) is 0 Å². The average Bonchev–Trinajstić information content (AvgIpc) is 3.09. The Labute approximate surface area is 190 Å². The molecule has 2 N–H and O–H groups in total. The molecule has 3 rings (SSSR count). The highest BCUT2D eigenvalue weighted by molar-refractivity contribution is 7.81. The third-order valence-corrected chi connectivity index (χ3v) is 6.15. The molecule has 2 heterocycles. The van der Waals surface area contributed by atoms with Gasteiger partial charge >= 0.3 is 5.97 Å². The van der Waals surface area contributed by atoms with Crippen LogP contribution < -0.4 is 10.1 Å². The van der Waals surface area contributed by atoms with E-state index in [1.165, 1.54) is 31.2 Å². The zero-order chi connectivity index (χ0) is 22.5. The highest BCUT2D eigenvalue weighted by Gasteiger charge is 2.36. The lowest BCUT2D eigenvalue weighted by Crippen LogP contribution is -2.41. The van der Waals surface area contributed by atoms with Crippen molar-refractivity contribution in [3.05, 3.63) is 54.0 Å². The predicted molar refractivity (Wildman–Crippen MR) is 120 cm³/mol. The molecule has 1 amide bonds. The van der Waals surface area contributed by atoms with Crippen LogP contribution in [-0.4, -0.2) is 44.8 Å². The van der Waals surface area contributed by atoms with Crippen LogP contribution in [-0.2, 0) is 9.59 Å². The van der Waals surface area contributed by atoms with Gasteiger partial charge in [-0.25, -0.2) is 14.2 Å². The van der Waals surface area contributed by atoms with Crippen molar-refractivity contribution in [2.75, 3.05) is 6.54 Å². The van der Waals surface area contributed by atoms with Gasteiger partial charge in [-0.1, -0.05) is 0 Å². The third-order valence-electron chi connectivity index (χ3n) is 5.05. The van der Waals surface area contributed by atoms with Gasteiger partial charge in [-0.3, -0.25) is 9.69 Å². The number of nitrogens with one attached hydrogen (secondary N) is 1. The van der Waals surface area contributed by atoms with E-state index in [9.17, 15) is 19.1 Å². The number of pyridine rings is 1. The first-order chi connectivity index (χ1) is 14.7. The largest absolute Gasteiger partial charge is 0.480 e. The molecule has 1 fully saturated rings. The maximum absolute atomic E-state index is 13.0. The second-order valence-corrected chi connectivity index (χ2v) is 8.55. The number of halogens is 1. The second kappa shape index (κ2) is 10.3. The molecule has 0 radical (unpaired) electrons. The van der Waals surface area contributed by atoms with E-state index in [0.29, 0.717) is 31.0 Å². The summed E-state index contributed by atoms with van der Waals surface area (Å²) < 4.78 is 18.6. The quantitative estimate of drug-likeness (QED) is 0.446. The number of carboxylic acid groups (broad SMARTS) is 1. The third kappa shape index (κ3) is 6.34. The van der Waals surface area contributed by atoms with E-state index in [-0.39, 0.29) is 28.4 Å². The van der Waals surface area contributed by atoms with Gasteiger partial charge in [0.15, 0.2) is 0 Å². The van der Waals surface area contributed by atoms with Crippen molar-refractivity contribution in [2.24, 2.45) is 5.92 Å². The van der Waals surface area contributed by atoms with Gasteiger partial charge in [-0.15, -0.1) is 0 Å². The molecule has 1 aliphatic heterocycles. The number of carbonyl (C=O) groups excluding carboxylic acids is 1. The predicted octanol–water partition coefficient (Wildman–Crippen LogP) is 3.50. The molecule has 1 saturated heterocycles. The number of ether oxygens (including phenoxy) is 1. The monoisotopic (exact) mass is 465 g/mol. The first kappa shape index (κ1) is 23.4. The SMILES string of the molecule is CC(=O)N[C@H](C[C@@H]1CC(S)N(C(S)c2ccc(Oc3ccc(F)cc3)nc2)C1)C(=O)O. The van der Waals surface area contributed by atoms with Gasteiger partial charge in [0.2, 0.25) is 11.8 Å². The van der Waals surface area contributed by atoms with Crippen LogP contribution in [0.1, 0.15) is 30.7 Å². The number of thiol groups is 2. The van der Waals surface area contributed by atoms with E-state index in [1.54, 1.807) is 12.3 Å². The van der Waals surface area contributed by atoms with E-state index in [4.69, 9.17) is 17.4 Å². The summed E-state index contributed by atoms with van der Waals surface area (Å²) in [7, 11) is 0. The molecule has 1 aromatic heterocycles. The minimum atomic E-state index is -1.05. The summed E-state index contributed by atoms with van der Waals surface area (Å²) in [6.07, 6.45) is 2.66. The Morgan fingerprint density at radius 2 is 2.03 bits per heavy atom. The van der Waals surface area contributed by atoms with E-state index in [2.05, 4.69) is 27.8 Å². The zero-order valence-corrected chi connectivity index (χ0v) is 18.6. The Balaban J connectivity index is 1.61. The fraction of sp³-hybridized carbons (Fsp3) is 0.381. The molecule has 2 aromatic rings. The van der Waals surface area contributed by atoms with Crippen molar-refractivity contribution >= 4 is 37.1 Å². The molecule has 1 aromatic carbocycles. The number of amides is 1. The molecular formula is C21H24FN3O4S2. The molecule has 7 nitrogen and oxygen atoms in total. The minimum Gasteiger partial charge on any atom is -0.480 e. The van der Waals surface area contributed by atoms with Crippen molar-refractivity contribution in [2.45, 2.75) is 36.6 Å². The zero-order valence-electron chi connectivity index (χ0n) is 16.8. The van der Waals surface area contributed by atoms with Crippen molar-refractivity contribution in [3.63, 3.8) is 0 Å². The first-order valence-electron chi connectivity index (χ1n) is 9.74. The summed E-state index contributed by atoms with van der Waals surface area (Å²) in [6, 6.07) is 8.29. The van der Waals surface area contributed by atoms with Gasteiger partial charge in [0.25, 0.3) is 0 Å². The maximum atomic E-state index is 13.0. The van der Waals surface area contributed by atoms with Crippen LogP contribution in [0.4, 0.5) is 4.39 Å². The van der Waals surface area contributed by atoms with Crippen LogP contribution >= 0.6 is 25.3 Å². The molecule has 4 atom stereocenters. The van der Waals surface area contributed by atoms with Crippen LogP contribution in [0, 0.1) is 11.7 Å². The van der Waals surface area contributed by atoms with Gasteiger partial charge in [-0.05, 0) is 54.7 Å². The minimum absolute atomic E-state index is 0.0548. The number of benzene rings is 1. The van der Waals surface area contributed by atoms with Gasteiger partial charge in [0.1, 0.15) is 17.6 Å². The number of rotatable bonds is 8. The van der Waals surface area contributed by atoms with Gasteiger partial charge in [-0.2, -0.15) is 25.3 Å². The van der Waals surface area contributed by atoms with E-state index >= 15 is 0 Å². The number of aromatic nitrogens is 1. The molecule has 1 aliphatic rings. The number of hydrogen-bond donors (Lipinski definition) is 4. The van der Waals surface area contributed by atoms with Gasteiger partial charge in [0.05, 0.1) is 10.7 Å². The highest BCUT2D eigenvalue weighted by Crippen LogP contribution is 2.37. The molecule has 0 bridgehead atoms. The molecule has 2 unspecified atom stereocenters. The fourth-order valence-corrected chi connectivity index (χ4v) is 4.62. The number of likely N-dealkylation sites (tertiary alicyclic amines) is 1. The van der Waals surface area contributed by atoms with E-state index in [1.807, 2.05) is 6.07 Å². The number of carboxylic acids is 1. The topological polar surface area (TPSA) is 91.8 Å². The Morgan fingerprint density at radius 3 is 2.61 bits per heavy atom. The Kier molecular flexibility index (Phi) is 7.79. The lowest BCUT2D eigenvalue weighted by molar-refractivity contribution is -0.142. The molecule has 10 heteroatoms. The fourth-order valence-electron chi connectivity index (χ4n) is 3.58. The normalized spacial score (nSPS) is 20.8. The molecule has 0 spiro atoms. The van der Waals surface area contributed by atoms with Gasteiger partial charge < -0.3 is 15.2 Å². The summed E-state index contributed by atoms with van der Waals surface area (Å²) in [4.78, 5) is 29.0. The maximum Gasteiger partial charge on any atom is 0.326 e. The van der Waals surface area contributed by atoms with E-state index < -0.39 is 12.0 Å².